The van der Waals surface area contributed by atoms with Crippen molar-refractivity contribution in [2.45, 2.75) is 37.2 Å². The predicted octanol–water partition coefficient (Wildman–Crippen LogP) is 1.41. The molecule has 1 aliphatic rings. The topological polar surface area (TPSA) is 72.7 Å². The highest BCUT2D eigenvalue weighted by Gasteiger charge is 2.46. The third kappa shape index (κ3) is 3.80. The Morgan fingerprint density at radius 1 is 1.18 bits per heavy atom. The molecular weight excluding hydrogens is 238 g/mol. The molecule has 5 heteroatoms. The average Bonchev–Trinajstić information content (AvgIpc) is 3.05. The van der Waals surface area contributed by atoms with Gasteiger partial charge in [-0.2, -0.15) is 0 Å². The number of nitrogens with two attached hydrogens (primary N) is 1. The van der Waals surface area contributed by atoms with Crippen molar-refractivity contribution < 1.29 is 13.2 Å². The molecule has 1 heterocycles. The first-order valence-electron chi connectivity index (χ1n) is 5.78. The number of ether oxygens (including phenoxy) is 1. The van der Waals surface area contributed by atoms with Gasteiger partial charge in [0.25, 0.3) is 0 Å². The molecule has 4 nitrogen and oxygen atoms in total. The molecule has 2 unspecified atom stereocenters. The Morgan fingerprint density at radius 3 is 2.47 bits per heavy atom. The van der Waals surface area contributed by atoms with Crippen LogP contribution in [0.3, 0.4) is 0 Å². The second-order valence-corrected chi connectivity index (χ2v) is 6.01. The van der Waals surface area contributed by atoms with Crippen LogP contribution in [0.5, 0.6) is 0 Å². The van der Waals surface area contributed by atoms with Gasteiger partial charge >= 0.3 is 0 Å². The number of hydrogen-bond donors (Lipinski definition) is 1. The van der Waals surface area contributed by atoms with E-state index < -0.39 is 15.5 Å². The van der Waals surface area contributed by atoms with Gasteiger partial charge in [-0.05, 0) is 24.8 Å². The maximum Gasteiger partial charge on any atom is 0.238 e. The van der Waals surface area contributed by atoms with E-state index in [-0.39, 0.29) is 6.10 Å². The molecule has 1 fully saturated rings. The molecule has 0 aliphatic carbocycles. The molecule has 17 heavy (non-hydrogen) atoms. The quantitative estimate of drug-likeness (QED) is 0.617. The van der Waals surface area contributed by atoms with E-state index in [1.54, 1.807) is 0 Å². The van der Waals surface area contributed by atoms with E-state index in [1.807, 2.05) is 18.2 Å². The van der Waals surface area contributed by atoms with Crippen LogP contribution in [0.4, 0.5) is 0 Å². The fourth-order valence-corrected chi connectivity index (χ4v) is 2.80. The van der Waals surface area contributed by atoms with E-state index in [2.05, 4.69) is 12.1 Å². The minimum absolute atomic E-state index is 0.180. The van der Waals surface area contributed by atoms with Crippen molar-refractivity contribution in [1.29, 1.82) is 0 Å². The first kappa shape index (κ1) is 12.5. The number of epoxide rings is 1. The lowest BCUT2D eigenvalue weighted by Crippen LogP contribution is -2.20. The minimum atomic E-state index is -3.49. The largest absolute Gasteiger partial charge is 0.351 e. The summed E-state index contributed by atoms with van der Waals surface area (Å²) >= 11 is 0. The van der Waals surface area contributed by atoms with Crippen LogP contribution in [0.15, 0.2) is 30.3 Å². The van der Waals surface area contributed by atoms with Crippen LogP contribution < -0.4 is 5.14 Å². The van der Waals surface area contributed by atoms with Crippen molar-refractivity contribution in [3.05, 3.63) is 35.9 Å². The molecule has 0 aromatic heterocycles. The van der Waals surface area contributed by atoms with Gasteiger partial charge in [0.1, 0.15) is 6.10 Å². The number of benzene rings is 1. The number of aryl methyl sites for hydroxylation is 1. The summed E-state index contributed by atoms with van der Waals surface area (Å²) < 4.78 is 26.8. The molecule has 1 aromatic rings. The molecule has 0 amide bonds. The van der Waals surface area contributed by atoms with E-state index in [0.717, 1.165) is 25.7 Å². The highest BCUT2D eigenvalue weighted by Crippen LogP contribution is 2.30. The van der Waals surface area contributed by atoms with Crippen molar-refractivity contribution in [3.8, 4) is 0 Å². The smallest absolute Gasteiger partial charge is 0.238 e. The number of sulfonamides is 1. The van der Waals surface area contributed by atoms with Gasteiger partial charge in [0, 0.05) is 0 Å². The second kappa shape index (κ2) is 5.16. The number of hydrogen-bond acceptors (Lipinski definition) is 3. The Balaban J connectivity index is 1.63. The zero-order valence-electron chi connectivity index (χ0n) is 9.58. The first-order chi connectivity index (χ1) is 8.07. The average molecular weight is 255 g/mol. The van der Waals surface area contributed by atoms with Crippen molar-refractivity contribution in [3.63, 3.8) is 0 Å². The summed E-state index contributed by atoms with van der Waals surface area (Å²) in [5.41, 5.74) is 0.562. The zero-order valence-corrected chi connectivity index (χ0v) is 10.4. The molecule has 2 atom stereocenters. The summed E-state index contributed by atoms with van der Waals surface area (Å²) in [7, 11) is -3.49. The zero-order chi connectivity index (χ0) is 12.3. The standard InChI is InChI=1S/C12H17NO3S/c13-17(14,15)12-11(16-12)9-5-4-8-10-6-2-1-3-7-10/h1-3,6-7,11-12H,4-5,8-9H2,(H2,13,14,15). The number of primary sulfonamides is 1. The van der Waals surface area contributed by atoms with Gasteiger partial charge in [-0.15, -0.1) is 0 Å². The molecular formula is C12H17NO3S. The molecule has 1 saturated heterocycles. The van der Waals surface area contributed by atoms with Crippen LogP contribution in [-0.4, -0.2) is 20.0 Å². The van der Waals surface area contributed by atoms with Crippen LogP contribution in [0.1, 0.15) is 24.8 Å². The molecule has 0 spiro atoms. The lowest BCUT2D eigenvalue weighted by atomic mass is 10.1. The van der Waals surface area contributed by atoms with Gasteiger partial charge in [0.05, 0.1) is 0 Å². The van der Waals surface area contributed by atoms with Crippen LogP contribution in [0.25, 0.3) is 0 Å². The number of unbranched alkanes of at least 4 members (excludes halogenated alkanes) is 1. The SMILES string of the molecule is NS(=O)(=O)C1OC1CCCCc1ccccc1. The summed E-state index contributed by atoms with van der Waals surface area (Å²) in [6.45, 7) is 0. The van der Waals surface area contributed by atoms with E-state index >= 15 is 0 Å². The van der Waals surface area contributed by atoms with Gasteiger partial charge in [0.15, 0.2) is 5.44 Å². The van der Waals surface area contributed by atoms with E-state index in [4.69, 9.17) is 9.88 Å². The minimum Gasteiger partial charge on any atom is -0.351 e. The third-order valence-electron chi connectivity index (χ3n) is 2.91. The highest BCUT2D eigenvalue weighted by molar-refractivity contribution is 7.89. The van der Waals surface area contributed by atoms with E-state index in [1.165, 1.54) is 5.56 Å². The van der Waals surface area contributed by atoms with Crippen LogP contribution >= 0.6 is 0 Å². The maximum atomic E-state index is 10.9. The fourth-order valence-electron chi connectivity index (χ4n) is 1.94. The van der Waals surface area contributed by atoms with Gasteiger partial charge in [-0.25, -0.2) is 13.6 Å². The molecule has 0 radical (unpaired) electrons. The Kier molecular flexibility index (Phi) is 3.81. The van der Waals surface area contributed by atoms with Crippen molar-refractivity contribution in [2.75, 3.05) is 0 Å². The third-order valence-corrected chi connectivity index (χ3v) is 3.97. The Bertz CT molecular complexity index is 458. The molecule has 1 aromatic carbocycles. The van der Waals surface area contributed by atoms with Crippen LogP contribution in [-0.2, 0) is 21.2 Å². The van der Waals surface area contributed by atoms with Crippen molar-refractivity contribution in [1.82, 2.24) is 0 Å². The fraction of sp³-hybridized carbons (Fsp3) is 0.500. The summed E-state index contributed by atoms with van der Waals surface area (Å²) in [6.07, 6.45) is 3.62. The molecule has 0 bridgehead atoms. The summed E-state index contributed by atoms with van der Waals surface area (Å²) in [5.74, 6) is 0. The molecule has 1 aliphatic heterocycles. The Labute approximate surface area is 102 Å². The van der Waals surface area contributed by atoms with Gasteiger partial charge in [0.2, 0.25) is 10.0 Å². The molecule has 2 N–H and O–H groups in total. The van der Waals surface area contributed by atoms with Crippen molar-refractivity contribution in [2.24, 2.45) is 5.14 Å². The van der Waals surface area contributed by atoms with E-state index in [0.29, 0.717) is 0 Å². The molecule has 0 saturated carbocycles. The van der Waals surface area contributed by atoms with Crippen LogP contribution in [0, 0.1) is 0 Å². The lowest BCUT2D eigenvalue weighted by molar-refractivity contribution is 0.378. The monoisotopic (exact) mass is 255 g/mol. The number of rotatable bonds is 6. The lowest BCUT2D eigenvalue weighted by Gasteiger charge is -1.99. The summed E-state index contributed by atoms with van der Waals surface area (Å²) in [6, 6.07) is 10.2. The maximum absolute atomic E-state index is 10.9. The Morgan fingerprint density at radius 2 is 1.88 bits per heavy atom. The van der Waals surface area contributed by atoms with Gasteiger partial charge in [-0.3, -0.25) is 0 Å². The van der Waals surface area contributed by atoms with Gasteiger partial charge < -0.3 is 4.74 Å². The second-order valence-electron chi connectivity index (χ2n) is 4.36. The summed E-state index contributed by atoms with van der Waals surface area (Å²) in [5, 5.41) is 4.97. The molecule has 94 valence electrons. The highest BCUT2D eigenvalue weighted by atomic mass is 32.2. The van der Waals surface area contributed by atoms with E-state index in [9.17, 15) is 8.42 Å². The predicted molar refractivity (Wildman–Crippen MR) is 65.8 cm³/mol. The Hall–Kier alpha value is -0.910. The normalized spacial score (nSPS) is 23.6. The van der Waals surface area contributed by atoms with Crippen LogP contribution in [0.2, 0.25) is 0 Å². The van der Waals surface area contributed by atoms with Crippen molar-refractivity contribution >= 4 is 10.0 Å². The first-order valence-corrected chi connectivity index (χ1v) is 7.39. The molecule has 2 rings (SSSR count). The summed E-state index contributed by atoms with van der Waals surface area (Å²) in [4.78, 5) is 0. The van der Waals surface area contributed by atoms with Gasteiger partial charge in [-0.1, -0.05) is 36.8 Å².